The SMILES string of the molecule is Cc1nn(CCC(=O)Nc2c(C(N)=O)sc3nc(C(F)F)cc(-c4cnn(C)c4C)c23)cc1I. The summed E-state index contributed by atoms with van der Waals surface area (Å²) in [4.78, 5) is 29.3. The summed E-state index contributed by atoms with van der Waals surface area (Å²) in [5.74, 6) is -1.17. The first-order valence-corrected chi connectivity index (χ1v) is 12.0. The second-order valence-corrected chi connectivity index (χ2v) is 9.80. The van der Waals surface area contributed by atoms with Crippen molar-refractivity contribution in [2.24, 2.45) is 12.8 Å². The number of primary amides is 1. The molecule has 0 bridgehead atoms. The van der Waals surface area contributed by atoms with Gasteiger partial charge in [-0.1, -0.05) is 0 Å². The van der Waals surface area contributed by atoms with E-state index in [9.17, 15) is 18.4 Å². The number of fused-ring (bicyclic) bond motifs is 1. The standard InChI is InChI=1S/C21H20F2IN7O2S/c1-9-13(24)8-31(29-9)5-4-15(32)28-17-16-11(12-7-26-30(3)10(12)2)6-14(19(22)23)27-21(16)34-18(17)20(25)33/h6-8,19H,4-5H2,1-3H3,(H2,25,33)(H,28,32). The predicted octanol–water partition coefficient (Wildman–Crippen LogP) is 4.18. The van der Waals surface area contributed by atoms with Crippen molar-refractivity contribution in [1.82, 2.24) is 24.5 Å². The summed E-state index contributed by atoms with van der Waals surface area (Å²) in [6.45, 7) is 3.99. The number of hydrogen-bond donors (Lipinski definition) is 2. The van der Waals surface area contributed by atoms with Gasteiger partial charge in [-0.25, -0.2) is 13.8 Å². The molecule has 3 N–H and O–H groups in total. The highest BCUT2D eigenvalue weighted by Crippen LogP contribution is 2.43. The van der Waals surface area contributed by atoms with Gasteiger partial charge in [0.15, 0.2) is 0 Å². The minimum atomic E-state index is -2.82. The number of hydrogen-bond acceptors (Lipinski definition) is 6. The molecule has 4 heterocycles. The number of aromatic nitrogens is 5. The lowest BCUT2D eigenvalue weighted by Crippen LogP contribution is -2.18. The van der Waals surface area contributed by atoms with E-state index in [1.165, 1.54) is 6.07 Å². The molecule has 4 aromatic rings. The largest absolute Gasteiger partial charge is 0.365 e. The predicted molar refractivity (Wildman–Crippen MR) is 133 cm³/mol. The fourth-order valence-electron chi connectivity index (χ4n) is 3.52. The molecule has 34 heavy (non-hydrogen) atoms. The Morgan fingerprint density at radius 3 is 2.59 bits per heavy atom. The highest BCUT2D eigenvalue weighted by atomic mass is 127. The molecular weight excluding hydrogens is 579 g/mol. The number of pyridine rings is 1. The van der Waals surface area contributed by atoms with Gasteiger partial charge >= 0.3 is 0 Å². The molecule has 4 rings (SSSR count). The number of nitrogens with two attached hydrogens (primary N) is 1. The molecule has 0 spiro atoms. The highest BCUT2D eigenvalue weighted by Gasteiger charge is 2.26. The van der Waals surface area contributed by atoms with Crippen molar-refractivity contribution in [2.45, 2.75) is 33.2 Å². The molecule has 0 fully saturated rings. The number of carbonyl (C=O) groups excluding carboxylic acids is 2. The molecule has 0 aliphatic rings. The molecular formula is C21H20F2IN7O2S. The Balaban J connectivity index is 1.79. The van der Waals surface area contributed by atoms with Crippen LogP contribution in [0.4, 0.5) is 14.5 Å². The van der Waals surface area contributed by atoms with E-state index in [0.29, 0.717) is 23.1 Å². The molecule has 4 aromatic heterocycles. The van der Waals surface area contributed by atoms with Crippen LogP contribution in [0.2, 0.25) is 0 Å². The normalized spacial score (nSPS) is 11.5. The Morgan fingerprint density at radius 2 is 2.03 bits per heavy atom. The summed E-state index contributed by atoms with van der Waals surface area (Å²) in [6.07, 6.45) is 0.639. The maximum atomic E-state index is 13.6. The third kappa shape index (κ3) is 4.53. The van der Waals surface area contributed by atoms with Crippen molar-refractivity contribution in [3.63, 3.8) is 0 Å². The van der Waals surface area contributed by atoms with Crippen molar-refractivity contribution in [3.05, 3.63) is 44.0 Å². The fourth-order valence-corrected chi connectivity index (χ4v) is 4.97. The Hall–Kier alpha value is -2.94. The molecule has 9 nitrogen and oxygen atoms in total. The van der Waals surface area contributed by atoms with Crippen LogP contribution in [-0.4, -0.2) is 36.4 Å². The van der Waals surface area contributed by atoms with E-state index in [4.69, 9.17) is 5.73 Å². The molecule has 0 aliphatic heterocycles. The lowest BCUT2D eigenvalue weighted by atomic mass is 10.0. The van der Waals surface area contributed by atoms with Gasteiger partial charge in [0.25, 0.3) is 12.3 Å². The zero-order chi connectivity index (χ0) is 24.7. The average Bonchev–Trinajstić information content (AvgIpc) is 3.42. The summed E-state index contributed by atoms with van der Waals surface area (Å²) in [5.41, 5.74) is 7.85. The van der Waals surface area contributed by atoms with Gasteiger partial charge in [-0.05, 0) is 48.1 Å². The summed E-state index contributed by atoms with van der Waals surface area (Å²) in [6, 6.07) is 1.26. The Kier molecular flexibility index (Phi) is 6.66. The number of anilines is 1. The van der Waals surface area contributed by atoms with Crippen LogP contribution in [0.1, 0.15) is 39.6 Å². The monoisotopic (exact) mass is 599 g/mol. The first kappa shape index (κ1) is 24.2. The van der Waals surface area contributed by atoms with E-state index in [1.807, 2.05) is 13.1 Å². The minimum absolute atomic E-state index is 0.0366. The van der Waals surface area contributed by atoms with E-state index in [0.717, 1.165) is 26.3 Å². The van der Waals surface area contributed by atoms with Crippen molar-refractivity contribution in [3.8, 4) is 11.1 Å². The first-order valence-electron chi connectivity index (χ1n) is 10.1. The smallest absolute Gasteiger partial charge is 0.280 e. The second kappa shape index (κ2) is 9.37. The van der Waals surface area contributed by atoms with Gasteiger partial charge in [0.1, 0.15) is 15.4 Å². The number of carbonyl (C=O) groups is 2. The zero-order valence-corrected chi connectivity index (χ0v) is 21.4. The minimum Gasteiger partial charge on any atom is -0.365 e. The van der Waals surface area contributed by atoms with Crippen molar-refractivity contribution in [1.29, 1.82) is 0 Å². The van der Waals surface area contributed by atoms with E-state index in [2.05, 4.69) is 43.1 Å². The van der Waals surface area contributed by atoms with E-state index < -0.39 is 18.0 Å². The van der Waals surface area contributed by atoms with Crippen molar-refractivity contribution < 1.29 is 18.4 Å². The Labute approximate surface area is 210 Å². The Bertz CT molecular complexity index is 1410. The van der Waals surface area contributed by atoms with Crippen LogP contribution in [0, 0.1) is 17.4 Å². The summed E-state index contributed by atoms with van der Waals surface area (Å²) in [5, 5.41) is 11.7. The number of rotatable bonds is 7. The third-order valence-corrected chi connectivity index (χ3v) is 7.53. The first-order chi connectivity index (χ1) is 16.1. The highest BCUT2D eigenvalue weighted by molar-refractivity contribution is 14.1. The van der Waals surface area contributed by atoms with Crippen LogP contribution >= 0.6 is 33.9 Å². The van der Waals surface area contributed by atoms with E-state index in [-0.39, 0.29) is 27.7 Å². The van der Waals surface area contributed by atoms with Crippen LogP contribution in [0.3, 0.4) is 0 Å². The molecule has 0 atom stereocenters. The molecule has 13 heteroatoms. The van der Waals surface area contributed by atoms with Crippen molar-refractivity contribution in [2.75, 3.05) is 5.32 Å². The van der Waals surface area contributed by atoms with Crippen molar-refractivity contribution >= 4 is 61.6 Å². The van der Waals surface area contributed by atoms with Crippen LogP contribution in [0.25, 0.3) is 21.3 Å². The quantitative estimate of drug-likeness (QED) is 0.309. The third-order valence-electron chi connectivity index (χ3n) is 5.37. The van der Waals surface area contributed by atoms with Gasteiger partial charge in [-0.2, -0.15) is 10.2 Å². The van der Waals surface area contributed by atoms with Gasteiger partial charge < -0.3 is 11.1 Å². The number of nitrogens with one attached hydrogen (secondary N) is 1. The lowest BCUT2D eigenvalue weighted by Gasteiger charge is -2.11. The lowest BCUT2D eigenvalue weighted by molar-refractivity contribution is -0.116. The molecule has 0 unspecified atom stereocenters. The maximum Gasteiger partial charge on any atom is 0.280 e. The van der Waals surface area contributed by atoms with Crippen LogP contribution in [-0.2, 0) is 18.4 Å². The van der Waals surface area contributed by atoms with Gasteiger partial charge in [0.2, 0.25) is 5.91 Å². The fraction of sp³-hybridized carbons (Fsp3) is 0.286. The molecule has 0 saturated carbocycles. The van der Waals surface area contributed by atoms with Crippen LogP contribution in [0.15, 0.2) is 18.5 Å². The number of alkyl halides is 2. The molecule has 178 valence electrons. The molecule has 0 radical (unpaired) electrons. The van der Waals surface area contributed by atoms with Gasteiger partial charge in [0.05, 0.1) is 21.1 Å². The second-order valence-electron chi connectivity index (χ2n) is 7.64. The van der Waals surface area contributed by atoms with Crippen LogP contribution < -0.4 is 11.1 Å². The molecule has 0 aromatic carbocycles. The van der Waals surface area contributed by atoms with Crippen LogP contribution in [0.5, 0.6) is 0 Å². The summed E-state index contributed by atoms with van der Waals surface area (Å²) in [7, 11) is 1.73. The maximum absolute atomic E-state index is 13.6. The molecule has 0 aliphatic carbocycles. The number of amides is 2. The van der Waals surface area contributed by atoms with Gasteiger partial charge in [-0.3, -0.25) is 19.0 Å². The number of halogens is 3. The zero-order valence-electron chi connectivity index (χ0n) is 18.4. The summed E-state index contributed by atoms with van der Waals surface area (Å²) < 4.78 is 31.5. The summed E-state index contributed by atoms with van der Waals surface area (Å²) >= 11 is 3.03. The molecule has 2 amide bonds. The topological polar surface area (TPSA) is 121 Å². The van der Waals surface area contributed by atoms with Gasteiger partial charge in [0, 0.05) is 42.9 Å². The van der Waals surface area contributed by atoms with E-state index in [1.54, 1.807) is 29.5 Å². The van der Waals surface area contributed by atoms with Gasteiger partial charge in [-0.15, -0.1) is 11.3 Å². The number of aryl methyl sites for hydroxylation is 3. The molecule has 0 saturated heterocycles. The number of thiophene rings is 1. The average molecular weight is 599 g/mol. The van der Waals surface area contributed by atoms with E-state index >= 15 is 0 Å². The Morgan fingerprint density at radius 1 is 1.29 bits per heavy atom. The number of nitrogens with zero attached hydrogens (tertiary/aromatic N) is 5.